The first-order chi connectivity index (χ1) is 11.3. The molecule has 0 radical (unpaired) electrons. The fourth-order valence-corrected chi connectivity index (χ4v) is 2.27. The molecule has 0 saturated carbocycles. The zero-order valence-electron chi connectivity index (χ0n) is 13.6. The number of amides is 1. The molecule has 0 unspecified atom stereocenters. The lowest BCUT2D eigenvalue weighted by Gasteiger charge is -2.21. The van der Waals surface area contributed by atoms with Crippen molar-refractivity contribution < 1.29 is 4.79 Å². The SMILES string of the molecule is CCCCNC(=O)CN(Cc1ccccn1)Cc1ccccn1. The van der Waals surface area contributed by atoms with Gasteiger partial charge in [-0.1, -0.05) is 25.5 Å². The summed E-state index contributed by atoms with van der Waals surface area (Å²) in [6.45, 7) is 4.44. The molecule has 2 rings (SSSR count). The maximum atomic E-state index is 12.1. The van der Waals surface area contributed by atoms with E-state index in [4.69, 9.17) is 0 Å². The Kier molecular flexibility index (Phi) is 7.20. The number of hydrogen-bond acceptors (Lipinski definition) is 4. The van der Waals surface area contributed by atoms with Gasteiger partial charge in [-0.05, 0) is 30.7 Å². The lowest BCUT2D eigenvalue weighted by molar-refractivity contribution is -0.122. The number of aromatic nitrogens is 2. The number of nitrogens with zero attached hydrogens (tertiary/aromatic N) is 3. The molecule has 0 atom stereocenters. The molecule has 122 valence electrons. The summed E-state index contributed by atoms with van der Waals surface area (Å²) in [5.41, 5.74) is 1.90. The van der Waals surface area contributed by atoms with Gasteiger partial charge in [0.15, 0.2) is 0 Å². The molecule has 2 heterocycles. The highest BCUT2D eigenvalue weighted by Crippen LogP contribution is 2.06. The van der Waals surface area contributed by atoms with Crippen LogP contribution >= 0.6 is 0 Å². The first-order valence-electron chi connectivity index (χ1n) is 8.07. The van der Waals surface area contributed by atoms with Crippen LogP contribution in [-0.4, -0.2) is 33.9 Å². The highest BCUT2D eigenvalue weighted by molar-refractivity contribution is 5.77. The van der Waals surface area contributed by atoms with Crippen LogP contribution in [0.25, 0.3) is 0 Å². The molecule has 5 nitrogen and oxygen atoms in total. The topological polar surface area (TPSA) is 58.1 Å². The number of carbonyl (C=O) groups is 1. The van der Waals surface area contributed by atoms with Crippen molar-refractivity contribution in [2.24, 2.45) is 0 Å². The molecular formula is C18H24N4O. The average molecular weight is 312 g/mol. The number of rotatable bonds is 9. The van der Waals surface area contributed by atoms with Crippen LogP contribution in [0, 0.1) is 0 Å². The van der Waals surface area contributed by atoms with Crippen LogP contribution in [0.4, 0.5) is 0 Å². The monoisotopic (exact) mass is 312 g/mol. The van der Waals surface area contributed by atoms with Crippen molar-refractivity contribution in [2.45, 2.75) is 32.9 Å². The third-order valence-corrected chi connectivity index (χ3v) is 3.44. The minimum Gasteiger partial charge on any atom is -0.355 e. The van der Waals surface area contributed by atoms with Gasteiger partial charge in [-0.3, -0.25) is 19.7 Å². The minimum atomic E-state index is 0.0466. The zero-order chi connectivity index (χ0) is 16.3. The lowest BCUT2D eigenvalue weighted by atomic mass is 10.2. The molecule has 0 fully saturated rings. The van der Waals surface area contributed by atoms with E-state index in [1.807, 2.05) is 36.4 Å². The van der Waals surface area contributed by atoms with E-state index in [1.54, 1.807) is 12.4 Å². The first-order valence-corrected chi connectivity index (χ1v) is 8.07. The lowest BCUT2D eigenvalue weighted by Crippen LogP contribution is -2.37. The van der Waals surface area contributed by atoms with Crippen molar-refractivity contribution in [3.63, 3.8) is 0 Å². The Balaban J connectivity index is 1.97. The molecule has 0 aliphatic rings. The maximum absolute atomic E-state index is 12.1. The Morgan fingerprint density at radius 2 is 1.65 bits per heavy atom. The van der Waals surface area contributed by atoms with Crippen molar-refractivity contribution >= 4 is 5.91 Å². The summed E-state index contributed by atoms with van der Waals surface area (Å²) in [5.74, 6) is 0.0466. The smallest absolute Gasteiger partial charge is 0.234 e. The summed E-state index contributed by atoms with van der Waals surface area (Å²) >= 11 is 0. The van der Waals surface area contributed by atoms with Crippen molar-refractivity contribution in [2.75, 3.05) is 13.1 Å². The third kappa shape index (κ3) is 6.57. The standard InChI is InChI=1S/C18H24N4O/c1-2-3-10-21-18(23)15-22(13-16-8-4-6-11-19-16)14-17-9-5-7-12-20-17/h4-9,11-12H,2-3,10,13-15H2,1H3,(H,21,23). The Hall–Kier alpha value is -2.27. The van der Waals surface area contributed by atoms with Gasteiger partial charge in [-0.15, -0.1) is 0 Å². The van der Waals surface area contributed by atoms with E-state index in [0.29, 0.717) is 19.6 Å². The van der Waals surface area contributed by atoms with Gasteiger partial charge >= 0.3 is 0 Å². The molecular weight excluding hydrogens is 288 g/mol. The Labute approximate surface area is 137 Å². The van der Waals surface area contributed by atoms with Crippen LogP contribution in [0.15, 0.2) is 48.8 Å². The first kappa shape index (κ1) is 17.1. The maximum Gasteiger partial charge on any atom is 0.234 e. The minimum absolute atomic E-state index is 0.0466. The second kappa shape index (κ2) is 9.69. The molecule has 0 bridgehead atoms. The highest BCUT2D eigenvalue weighted by Gasteiger charge is 2.13. The summed E-state index contributed by atoms with van der Waals surface area (Å²) in [6, 6.07) is 11.7. The Bertz CT molecular complexity index is 533. The molecule has 23 heavy (non-hydrogen) atoms. The second-order valence-electron chi connectivity index (χ2n) is 5.49. The van der Waals surface area contributed by atoms with Crippen LogP contribution in [0.3, 0.4) is 0 Å². The van der Waals surface area contributed by atoms with Crippen LogP contribution in [0.2, 0.25) is 0 Å². The number of pyridine rings is 2. The number of hydrogen-bond donors (Lipinski definition) is 1. The van der Waals surface area contributed by atoms with E-state index in [1.165, 1.54) is 0 Å². The van der Waals surface area contributed by atoms with Crippen molar-refractivity contribution in [3.8, 4) is 0 Å². The fraction of sp³-hybridized carbons (Fsp3) is 0.389. The van der Waals surface area contributed by atoms with E-state index >= 15 is 0 Å². The van der Waals surface area contributed by atoms with Gasteiger partial charge < -0.3 is 5.32 Å². The van der Waals surface area contributed by atoms with Crippen molar-refractivity contribution in [1.82, 2.24) is 20.2 Å². The molecule has 1 N–H and O–H groups in total. The van der Waals surface area contributed by atoms with E-state index in [-0.39, 0.29) is 5.91 Å². The van der Waals surface area contributed by atoms with E-state index in [2.05, 4.69) is 27.1 Å². The van der Waals surface area contributed by atoms with Gasteiger partial charge in [0.2, 0.25) is 5.91 Å². The number of carbonyl (C=O) groups excluding carboxylic acids is 1. The quantitative estimate of drug-likeness (QED) is 0.722. The predicted molar refractivity (Wildman–Crippen MR) is 90.5 cm³/mol. The van der Waals surface area contributed by atoms with Crippen molar-refractivity contribution in [3.05, 3.63) is 60.2 Å². The molecule has 2 aromatic rings. The number of nitrogens with one attached hydrogen (secondary N) is 1. The van der Waals surface area contributed by atoms with Gasteiger partial charge in [-0.25, -0.2) is 0 Å². The van der Waals surface area contributed by atoms with Crippen molar-refractivity contribution in [1.29, 1.82) is 0 Å². The molecule has 0 spiro atoms. The van der Waals surface area contributed by atoms with Crippen LogP contribution in [0.1, 0.15) is 31.2 Å². The average Bonchev–Trinajstić information content (AvgIpc) is 2.57. The summed E-state index contributed by atoms with van der Waals surface area (Å²) < 4.78 is 0. The summed E-state index contributed by atoms with van der Waals surface area (Å²) in [6.07, 6.45) is 5.63. The van der Waals surface area contributed by atoms with Crippen LogP contribution in [-0.2, 0) is 17.9 Å². The Morgan fingerprint density at radius 1 is 1.04 bits per heavy atom. The molecule has 5 heteroatoms. The van der Waals surface area contributed by atoms with Crippen LogP contribution in [0.5, 0.6) is 0 Å². The van der Waals surface area contributed by atoms with Gasteiger partial charge in [0.05, 0.1) is 17.9 Å². The fourth-order valence-electron chi connectivity index (χ4n) is 2.27. The molecule has 0 aliphatic heterocycles. The molecule has 2 aromatic heterocycles. The largest absolute Gasteiger partial charge is 0.355 e. The molecule has 1 amide bonds. The Morgan fingerprint density at radius 3 is 2.13 bits per heavy atom. The van der Waals surface area contributed by atoms with E-state index < -0.39 is 0 Å². The van der Waals surface area contributed by atoms with Gasteiger partial charge in [0.1, 0.15) is 0 Å². The van der Waals surface area contributed by atoms with Gasteiger partial charge in [-0.2, -0.15) is 0 Å². The third-order valence-electron chi connectivity index (χ3n) is 3.44. The second-order valence-corrected chi connectivity index (χ2v) is 5.49. The number of unbranched alkanes of at least 4 members (excludes halogenated alkanes) is 1. The van der Waals surface area contributed by atoms with Crippen LogP contribution < -0.4 is 5.32 Å². The normalized spacial score (nSPS) is 10.7. The van der Waals surface area contributed by atoms with Gasteiger partial charge in [0.25, 0.3) is 0 Å². The van der Waals surface area contributed by atoms with E-state index in [0.717, 1.165) is 30.8 Å². The van der Waals surface area contributed by atoms with Gasteiger partial charge in [0, 0.05) is 32.0 Å². The molecule has 0 saturated heterocycles. The summed E-state index contributed by atoms with van der Waals surface area (Å²) in [4.78, 5) is 22.9. The highest BCUT2D eigenvalue weighted by atomic mass is 16.2. The zero-order valence-corrected chi connectivity index (χ0v) is 13.6. The summed E-state index contributed by atoms with van der Waals surface area (Å²) in [7, 11) is 0. The summed E-state index contributed by atoms with van der Waals surface area (Å²) in [5, 5.41) is 2.96. The molecule has 0 aromatic carbocycles. The molecule has 0 aliphatic carbocycles. The van der Waals surface area contributed by atoms with E-state index in [9.17, 15) is 4.79 Å². The predicted octanol–water partition coefficient (Wildman–Crippen LogP) is 2.40.